The fourth-order valence-electron chi connectivity index (χ4n) is 3.57. The second-order valence-corrected chi connectivity index (χ2v) is 7.53. The van der Waals surface area contributed by atoms with Crippen LogP contribution in [0, 0.1) is 6.92 Å². The van der Waals surface area contributed by atoms with E-state index in [4.69, 9.17) is 4.98 Å². The highest BCUT2D eigenvalue weighted by molar-refractivity contribution is 7.15. The Kier molecular flexibility index (Phi) is 4.82. The maximum atomic E-state index is 4.85. The first-order chi connectivity index (χ1) is 10.2. The van der Waals surface area contributed by atoms with Crippen LogP contribution in [0.15, 0.2) is 0 Å². The predicted molar refractivity (Wildman–Crippen MR) is 90.3 cm³/mol. The molecule has 0 spiro atoms. The Hall–Kier alpha value is -0.650. The second kappa shape index (κ2) is 6.63. The molecule has 118 valence electrons. The van der Waals surface area contributed by atoms with E-state index in [0.717, 1.165) is 31.7 Å². The number of nitrogens with zero attached hydrogens (tertiary/aromatic N) is 3. The van der Waals surface area contributed by atoms with Gasteiger partial charge in [0, 0.05) is 36.6 Å². The van der Waals surface area contributed by atoms with Gasteiger partial charge in [0.15, 0.2) is 5.13 Å². The molecule has 2 atom stereocenters. The summed E-state index contributed by atoms with van der Waals surface area (Å²) in [6.45, 7) is 8.74. The number of rotatable bonds is 5. The van der Waals surface area contributed by atoms with Crippen LogP contribution in [0.2, 0.25) is 0 Å². The maximum Gasteiger partial charge on any atom is 0.185 e. The molecule has 2 saturated heterocycles. The lowest BCUT2D eigenvalue weighted by Crippen LogP contribution is -2.36. The Balaban J connectivity index is 1.68. The molecule has 1 aromatic rings. The molecule has 5 heteroatoms. The SMILES string of the molecule is CCCNCc1sc(N2CCC3CCC(C2)N3C)nc1C. The number of hydrogen-bond donors (Lipinski definition) is 1. The molecule has 2 aliphatic heterocycles. The lowest BCUT2D eigenvalue weighted by molar-refractivity contribution is 0.254. The van der Waals surface area contributed by atoms with E-state index in [1.807, 2.05) is 11.3 Å². The average Bonchev–Trinajstić information content (AvgIpc) is 2.92. The lowest BCUT2D eigenvalue weighted by atomic mass is 10.1. The topological polar surface area (TPSA) is 31.4 Å². The normalized spacial score (nSPS) is 26.3. The van der Waals surface area contributed by atoms with Crippen molar-refractivity contribution in [2.45, 2.75) is 58.2 Å². The molecule has 1 N–H and O–H groups in total. The standard InChI is InChI=1S/C16H28N4S/c1-4-8-17-10-15-12(2)18-16(21-15)20-9-7-13-5-6-14(11-20)19(13)3/h13-14,17H,4-11H2,1-3H3. The van der Waals surface area contributed by atoms with E-state index in [-0.39, 0.29) is 0 Å². The number of fused-ring (bicyclic) bond motifs is 2. The number of aryl methyl sites for hydroxylation is 1. The van der Waals surface area contributed by atoms with Gasteiger partial charge in [-0.25, -0.2) is 4.98 Å². The van der Waals surface area contributed by atoms with Crippen molar-refractivity contribution in [2.75, 3.05) is 31.6 Å². The van der Waals surface area contributed by atoms with Gasteiger partial charge in [-0.1, -0.05) is 6.92 Å². The quantitative estimate of drug-likeness (QED) is 0.847. The Morgan fingerprint density at radius 1 is 1.29 bits per heavy atom. The Bertz CT molecular complexity index is 473. The van der Waals surface area contributed by atoms with Crippen molar-refractivity contribution >= 4 is 16.5 Å². The first-order valence-electron chi connectivity index (χ1n) is 8.33. The summed E-state index contributed by atoms with van der Waals surface area (Å²) in [5.41, 5.74) is 1.21. The van der Waals surface area contributed by atoms with Crippen LogP contribution in [0.5, 0.6) is 0 Å². The third-order valence-electron chi connectivity index (χ3n) is 5.01. The van der Waals surface area contributed by atoms with Gasteiger partial charge in [0.2, 0.25) is 0 Å². The molecule has 2 fully saturated rings. The van der Waals surface area contributed by atoms with Gasteiger partial charge in [-0.3, -0.25) is 4.90 Å². The van der Waals surface area contributed by atoms with Crippen molar-refractivity contribution < 1.29 is 0 Å². The van der Waals surface area contributed by atoms with Crippen LogP contribution in [0.4, 0.5) is 5.13 Å². The van der Waals surface area contributed by atoms with Crippen LogP contribution in [0.3, 0.4) is 0 Å². The highest BCUT2D eigenvalue weighted by atomic mass is 32.1. The predicted octanol–water partition coefficient (Wildman–Crippen LogP) is 2.62. The third kappa shape index (κ3) is 3.25. The molecule has 3 heterocycles. The average molecular weight is 308 g/mol. The minimum atomic E-state index is 0.725. The molecule has 4 nitrogen and oxygen atoms in total. The van der Waals surface area contributed by atoms with Gasteiger partial charge in [-0.15, -0.1) is 11.3 Å². The van der Waals surface area contributed by atoms with E-state index in [0.29, 0.717) is 0 Å². The van der Waals surface area contributed by atoms with Crippen LogP contribution in [0.25, 0.3) is 0 Å². The van der Waals surface area contributed by atoms with Crippen LogP contribution < -0.4 is 10.2 Å². The fraction of sp³-hybridized carbons (Fsp3) is 0.812. The van der Waals surface area contributed by atoms with Gasteiger partial charge in [-0.05, 0) is 46.2 Å². The minimum absolute atomic E-state index is 0.725. The summed E-state index contributed by atoms with van der Waals surface area (Å²) in [4.78, 5) is 11.4. The van der Waals surface area contributed by atoms with E-state index < -0.39 is 0 Å². The van der Waals surface area contributed by atoms with Gasteiger partial charge < -0.3 is 10.2 Å². The number of nitrogens with one attached hydrogen (secondary N) is 1. The zero-order chi connectivity index (χ0) is 14.8. The van der Waals surface area contributed by atoms with Crippen molar-refractivity contribution in [1.29, 1.82) is 0 Å². The molecule has 2 aliphatic rings. The Labute approximate surface area is 132 Å². The molecule has 21 heavy (non-hydrogen) atoms. The van der Waals surface area contributed by atoms with Crippen LogP contribution in [-0.4, -0.2) is 48.6 Å². The third-order valence-corrected chi connectivity index (χ3v) is 6.23. The zero-order valence-electron chi connectivity index (χ0n) is 13.6. The number of anilines is 1. The number of likely N-dealkylation sites (N-methyl/N-ethyl adjacent to an activating group) is 1. The van der Waals surface area contributed by atoms with E-state index in [1.165, 1.54) is 47.9 Å². The van der Waals surface area contributed by atoms with Gasteiger partial charge in [0.25, 0.3) is 0 Å². The molecular weight excluding hydrogens is 280 g/mol. The van der Waals surface area contributed by atoms with Crippen LogP contribution in [-0.2, 0) is 6.54 Å². The van der Waals surface area contributed by atoms with Crippen LogP contribution in [0.1, 0.15) is 43.2 Å². The van der Waals surface area contributed by atoms with Gasteiger partial charge >= 0.3 is 0 Å². The highest BCUT2D eigenvalue weighted by Crippen LogP contribution is 2.33. The van der Waals surface area contributed by atoms with Crippen LogP contribution >= 0.6 is 11.3 Å². The summed E-state index contributed by atoms with van der Waals surface area (Å²) >= 11 is 1.89. The van der Waals surface area contributed by atoms with E-state index in [9.17, 15) is 0 Å². The van der Waals surface area contributed by atoms with Gasteiger partial charge in [0.1, 0.15) is 0 Å². The smallest absolute Gasteiger partial charge is 0.185 e. The summed E-state index contributed by atoms with van der Waals surface area (Å²) in [6.07, 6.45) is 5.21. The molecule has 1 aromatic heterocycles. The monoisotopic (exact) mass is 308 g/mol. The van der Waals surface area contributed by atoms with E-state index in [2.05, 4.69) is 36.0 Å². The maximum absolute atomic E-state index is 4.85. The van der Waals surface area contributed by atoms with Crippen molar-refractivity contribution in [1.82, 2.24) is 15.2 Å². The van der Waals surface area contributed by atoms with Crippen molar-refractivity contribution in [3.05, 3.63) is 10.6 Å². The summed E-state index contributed by atoms with van der Waals surface area (Å²) in [7, 11) is 2.30. The van der Waals surface area contributed by atoms with Gasteiger partial charge in [-0.2, -0.15) is 0 Å². The zero-order valence-corrected chi connectivity index (χ0v) is 14.4. The molecule has 2 bridgehead atoms. The molecule has 0 aromatic carbocycles. The van der Waals surface area contributed by atoms with Crippen molar-refractivity contribution in [2.24, 2.45) is 0 Å². The van der Waals surface area contributed by atoms with Crippen molar-refractivity contribution in [3.63, 3.8) is 0 Å². The second-order valence-electron chi connectivity index (χ2n) is 6.47. The summed E-state index contributed by atoms with van der Waals surface area (Å²) in [5.74, 6) is 0. The highest BCUT2D eigenvalue weighted by Gasteiger charge is 2.35. The molecular formula is C16H28N4S. The number of aromatic nitrogens is 1. The molecule has 0 aliphatic carbocycles. The first-order valence-corrected chi connectivity index (χ1v) is 9.14. The minimum Gasteiger partial charge on any atom is -0.346 e. The molecule has 0 saturated carbocycles. The molecule has 0 radical (unpaired) electrons. The molecule has 3 rings (SSSR count). The first kappa shape index (κ1) is 15.3. The largest absolute Gasteiger partial charge is 0.346 e. The molecule has 2 unspecified atom stereocenters. The van der Waals surface area contributed by atoms with Crippen molar-refractivity contribution in [3.8, 4) is 0 Å². The van der Waals surface area contributed by atoms with Gasteiger partial charge in [0.05, 0.1) is 5.69 Å². The number of thiazole rings is 1. The summed E-state index contributed by atoms with van der Waals surface area (Å²) in [5, 5.41) is 4.74. The Morgan fingerprint density at radius 2 is 2.10 bits per heavy atom. The summed E-state index contributed by atoms with van der Waals surface area (Å²) in [6, 6.07) is 1.52. The lowest BCUT2D eigenvalue weighted by Gasteiger charge is -2.25. The molecule has 0 amide bonds. The number of hydrogen-bond acceptors (Lipinski definition) is 5. The van der Waals surface area contributed by atoms with E-state index >= 15 is 0 Å². The Morgan fingerprint density at radius 3 is 2.90 bits per heavy atom. The summed E-state index contributed by atoms with van der Waals surface area (Å²) < 4.78 is 0. The fourth-order valence-corrected chi connectivity index (χ4v) is 4.64. The van der Waals surface area contributed by atoms with E-state index in [1.54, 1.807) is 0 Å².